The number of benzene rings is 1. The Hall–Kier alpha value is -3.81. The summed E-state index contributed by atoms with van der Waals surface area (Å²) in [6, 6.07) is 9.89. The van der Waals surface area contributed by atoms with Crippen LogP contribution in [0.5, 0.6) is 0 Å². The third-order valence-corrected chi connectivity index (χ3v) is 6.31. The Morgan fingerprint density at radius 1 is 1.20 bits per heavy atom. The van der Waals surface area contributed by atoms with E-state index in [0.717, 1.165) is 62.6 Å². The van der Waals surface area contributed by atoms with Crippen LogP contribution in [0.2, 0.25) is 0 Å². The summed E-state index contributed by atoms with van der Waals surface area (Å²) in [6.07, 6.45) is 4.65. The molecule has 2 aliphatic rings. The zero-order valence-electron chi connectivity index (χ0n) is 19.6. The van der Waals surface area contributed by atoms with Gasteiger partial charge in [0, 0.05) is 50.0 Å². The molecule has 10 nitrogen and oxygen atoms in total. The topological polar surface area (TPSA) is 120 Å². The number of oxazole rings is 1. The summed E-state index contributed by atoms with van der Waals surface area (Å²) in [4.78, 5) is 29.4. The number of hydrogen-bond donors (Lipinski definition) is 1. The van der Waals surface area contributed by atoms with E-state index in [1.165, 1.54) is 0 Å². The Morgan fingerprint density at radius 2 is 2.06 bits per heavy atom. The lowest BCUT2D eigenvalue weighted by atomic mass is 10.0. The van der Waals surface area contributed by atoms with Gasteiger partial charge in [-0.2, -0.15) is 5.26 Å². The summed E-state index contributed by atoms with van der Waals surface area (Å²) in [6.45, 7) is 6.57. The van der Waals surface area contributed by atoms with Crippen LogP contribution >= 0.6 is 0 Å². The average molecular weight is 474 g/mol. The summed E-state index contributed by atoms with van der Waals surface area (Å²) >= 11 is 0. The van der Waals surface area contributed by atoms with E-state index >= 15 is 0 Å². The molecule has 3 aromatic rings. The van der Waals surface area contributed by atoms with Gasteiger partial charge in [0.25, 0.3) is 6.01 Å². The molecular formula is C25H27N7O3. The van der Waals surface area contributed by atoms with Gasteiger partial charge in [-0.25, -0.2) is 15.0 Å². The SMILES string of the molecule is CC1C(=O)CCCN1c1ncc(-c2cc(CN3CCOCC3)cc(Nc3nccc(C#N)n3)c2)o1. The van der Waals surface area contributed by atoms with Gasteiger partial charge < -0.3 is 19.4 Å². The van der Waals surface area contributed by atoms with Crippen LogP contribution < -0.4 is 10.2 Å². The molecule has 1 unspecified atom stereocenters. The minimum absolute atomic E-state index is 0.203. The lowest BCUT2D eigenvalue weighted by Gasteiger charge is -2.30. The number of ether oxygens (including phenoxy) is 1. The summed E-state index contributed by atoms with van der Waals surface area (Å²) in [5.74, 6) is 1.16. The second-order valence-corrected chi connectivity index (χ2v) is 8.76. The van der Waals surface area contributed by atoms with Crippen molar-refractivity contribution in [3.8, 4) is 17.4 Å². The molecule has 2 aliphatic heterocycles. The number of Topliss-reactive ketones (excluding diaryl/α,β-unsaturated/α-hetero) is 1. The number of anilines is 3. The van der Waals surface area contributed by atoms with Crippen LogP contribution in [0, 0.1) is 11.3 Å². The van der Waals surface area contributed by atoms with Crippen molar-refractivity contribution in [1.82, 2.24) is 19.9 Å². The molecule has 2 fully saturated rings. The quantitative estimate of drug-likeness (QED) is 0.571. The van der Waals surface area contributed by atoms with Crippen molar-refractivity contribution in [2.75, 3.05) is 43.1 Å². The second-order valence-electron chi connectivity index (χ2n) is 8.76. The first kappa shape index (κ1) is 23.0. The van der Waals surface area contributed by atoms with Crippen molar-refractivity contribution in [3.63, 3.8) is 0 Å². The Morgan fingerprint density at radius 3 is 2.89 bits per heavy atom. The van der Waals surface area contributed by atoms with Crippen LogP contribution in [-0.2, 0) is 16.1 Å². The Labute approximate surface area is 203 Å². The molecule has 0 saturated carbocycles. The van der Waals surface area contributed by atoms with Gasteiger partial charge in [-0.1, -0.05) is 0 Å². The van der Waals surface area contributed by atoms with Gasteiger partial charge in [-0.3, -0.25) is 9.69 Å². The molecule has 0 spiro atoms. The highest BCUT2D eigenvalue weighted by Gasteiger charge is 2.29. The summed E-state index contributed by atoms with van der Waals surface area (Å²) < 4.78 is 11.6. The highest BCUT2D eigenvalue weighted by atomic mass is 16.5. The molecule has 1 aromatic carbocycles. The molecular weight excluding hydrogens is 446 g/mol. The number of morpholine rings is 1. The van der Waals surface area contributed by atoms with E-state index in [9.17, 15) is 4.79 Å². The maximum atomic E-state index is 12.2. The number of carbonyl (C=O) groups is 1. The van der Waals surface area contributed by atoms with Crippen LogP contribution in [0.4, 0.5) is 17.7 Å². The zero-order chi connectivity index (χ0) is 24.2. The Balaban J connectivity index is 1.45. The monoisotopic (exact) mass is 473 g/mol. The highest BCUT2D eigenvalue weighted by molar-refractivity contribution is 5.87. The molecule has 5 rings (SSSR count). The standard InChI is InChI=1S/C25H27N7O3/c1-17-22(33)3-2-6-32(17)25-28-15-23(35-25)19-11-18(16-31-7-9-34-10-8-31)12-21(13-19)30-24-27-5-4-20(14-26)29-24/h4-5,11-13,15,17H,2-3,6-10,16H2,1H3,(H,27,29,30). The van der Waals surface area contributed by atoms with Crippen molar-refractivity contribution < 1.29 is 13.9 Å². The molecule has 1 atom stereocenters. The fourth-order valence-electron chi connectivity index (χ4n) is 4.42. The predicted molar refractivity (Wildman–Crippen MR) is 129 cm³/mol. The van der Waals surface area contributed by atoms with Crippen LogP contribution in [0.15, 0.2) is 41.1 Å². The van der Waals surface area contributed by atoms with Crippen molar-refractivity contribution in [2.45, 2.75) is 32.4 Å². The van der Waals surface area contributed by atoms with E-state index in [1.54, 1.807) is 18.5 Å². The number of hydrogen-bond acceptors (Lipinski definition) is 10. The van der Waals surface area contributed by atoms with E-state index < -0.39 is 0 Å². The molecule has 10 heteroatoms. The lowest BCUT2D eigenvalue weighted by Crippen LogP contribution is -2.44. The molecule has 0 aliphatic carbocycles. The van der Waals surface area contributed by atoms with Gasteiger partial charge in [0.2, 0.25) is 5.95 Å². The fourth-order valence-corrected chi connectivity index (χ4v) is 4.42. The van der Waals surface area contributed by atoms with Gasteiger partial charge in [0.1, 0.15) is 11.8 Å². The minimum atomic E-state index is -0.246. The maximum Gasteiger partial charge on any atom is 0.298 e. The Kier molecular flexibility index (Phi) is 6.70. The maximum absolute atomic E-state index is 12.2. The molecule has 2 aromatic heterocycles. The fraction of sp³-hybridized carbons (Fsp3) is 0.400. The van der Waals surface area contributed by atoms with Gasteiger partial charge in [0.15, 0.2) is 11.5 Å². The van der Waals surface area contributed by atoms with E-state index in [4.69, 9.17) is 14.4 Å². The highest BCUT2D eigenvalue weighted by Crippen LogP contribution is 2.31. The third-order valence-electron chi connectivity index (χ3n) is 6.31. The van der Waals surface area contributed by atoms with E-state index in [0.29, 0.717) is 24.1 Å². The predicted octanol–water partition coefficient (Wildman–Crippen LogP) is 3.14. The smallest absolute Gasteiger partial charge is 0.298 e. The molecule has 0 amide bonds. The number of carbonyl (C=O) groups excluding carboxylic acids is 1. The number of nitrogens with one attached hydrogen (secondary N) is 1. The molecule has 0 bridgehead atoms. The molecule has 0 radical (unpaired) electrons. The zero-order valence-corrected chi connectivity index (χ0v) is 19.6. The summed E-state index contributed by atoms with van der Waals surface area (Å²) in [5.41, 5.74) is 3.00. The van der Waals surface area contributed by atoms with Gasteiger partial charge in [0.05, 0.1) is 25.5 Å². The summed E-state index contributed by atoms with van der Waals surface area (Å²) in [5, 5.41) is 12.4. The lowest BCUT2D eigenvalue weighted by molar-refractivity contribution is -0.121. The molecule has 180 valence electrons. The first-order valence-corrected chi connectivity index (χ1v) is 11.8. The van der Waals surface area contributed by atoms with Crippen LogP contribution in [0.1, 0.15) is 31.0 Å². The van der Waals surface area contributed by atoms with Crippen molar-refractivity contribution in [3.05, 3.63) is 47.9 Å². The molecule has 4 heterocycles. The number of aromatic nitrogens is 3. The number of nitrogens with zero attached hydrogens (tertiary/aromatic N) is 6. The first-order chi connectivity index (χ1) is 17.1. The van der Waals surface area contributed by atoms with Crippen LogP contribution in [-0.4, -0.2) is 64.5 Å². The second kappa shape index (κ2) is 10.2. The minimum Gasteiger partial charge on any atom is -0.423 e. The number of ketones is 1. The number of piperidine rings is 1. The van der Waals surface area contributed by atoms with Crippen molar-refractivity contribution >= 4 is 23.4 Å². The number of rotatable bonds is 6. The normalized spacial score (nSPS) is 18.9. The van der Waals surface area contributed by atoms with Gasteiger partial charge in [-0.15, -0.1) is 0 Å². The third kappa shape index (κ3) is 5.31. The van der Waals surface area contributed by atoms with Crippen LogP contribution in [0.25, 0.3) is 11.3 Å². The largest absolute Gasteiger partial charge is 0.423 e. The van der Waals surface area contributed by atoms with Gasteiger partial charge in [-0.05, 0) is 43.2 Å². The van der Waals surface area contributed by atoms with Gasteiger partial charge >= 0.3 is 0 Å². The first-order valence-electron chi connectivity index (χ1n) is 11.8. The Bertz CT molecular complexity index is 1250. The van der Waals surface area contributed by atoms with Crippen molar-refractivity contribution in [2.24, 2.45) is 0 Å². The van der Waals surface area contributed by atoms with E-state index in [1.807, 2.05) is 30.0 Å². The van der Waals surface area contributed by atoms with E-state index in [2.05, 4.69) is 31.2 Å². The molecule has 1 N–H and O–H groups in total. The summed E-state index contributed by atoms with van der Waals surface area (Å²) in [7, 11) is 0. The molecule has 35 heavy (non-hydrogen) atoms. The number of nitriles is 1. The van der Waals surface area contributed by atoms with Crippen LogP contribution in [0.3, 0.4) is 0 Å². The average Bonchev–Trinajstić information content (AvgIpc) is 3.36. The van der Waals surface area contributed by atoms with Crippen molar-refractivity contribution in [1.29, 1.82) is 5.26 Å². The van der Waals surface area contributed by atoms with E-state index in [-0.39, 0.29) is 17.5 Å². The molecule has 2 saturated heterocycles.